The second-order valence-corrected chi connectivity index (χ2v) is 4.30. The van der Waals surface area contributed by atoms with E-state index in [-0.39, 0.29) is 6.61 Å². The Morgan fingerprint density at radius 2 is 1.89 bits per heavy atom. The molecule has 4 heteroatoms. The fourth-order valence-corrected chi connectivity index (χ4v) is 1.82. The average Bonchev–Trinajstić information content (AvgIpc) is 2.40. The van der Waals surface area contributed by atoms with Gasteiger partial charge >= 0.3 is 0 Å². The Labute approximate surface area is 112 Å². The van der Waals surface area contributed by atoms with Gasteiger partial charge in [0.2, 0.25) is 5.91 Å². The molecule has 98 valence electrons. The van der Waals surface area contributed by atoms with E-state index in [0.717, 1.165) is 11.1 Å². The zero-order chi connectivity index (χ0) is 13.8. The first-order chi connectivity index (χ1) is 9.09. The number of primary amides is 1. The van der Waals surface area contributed by atoms with Crippen molar-refractivity contribution in [1.29, 1.82) is 0 Å². The van der Waals surface area contributed by atoms with E-state index in [2.05, 4.69) is 0 Å². The number of ether oxygens (including phenoxy) is 1. The van der Waals surface area contributed by atoms with Crippen molar-refractivity contribution < 1.29 is 9.53 Å². The summed E-state index contributed by atoms with van der Waals surface area (Å²) in [6.07, 6.45) is 0. The lowest BCUT2D eigenvalue weighted by molar-refractivity contribution is 0.0998. The predicted molar refractivity (Wildman–Crippen MR) is 74.9 cm³/mol. The molecule has 19 heavy (non-hydrogen) atoms. The maximum atomic E-state index is 11.3. The molecule has 1 amide bonds. The minimum atomic E-state index is -0.462. The molecule has 4 N–H and O–H groups in total. The second-order valence-electron chi connectivity index (χ2n) is 4.30. The van der Waals surface area contributed by atoms with Gasteiger partial charge in [-0.05, 0) is 24.6 Å². The van der Waals surface area contributed by atoms with Gasteiger partial charge in [-0.15, -0.1) is 0 Å². The van der Waals surface area contributed by atoms with Crippen LogP contribution in [0.4, 0.5) is 5.69 Å². The topological polar surface area (TPSA) is 78.3 Å². The molecule has 0 aliphatic carbocycles. The maximum Gasteiger partial charge on any atom is 0.249 e. The van der Waals surface area contributed by atoms with Crippen LogP contribution in [0.3, 0.4) is 0 Å². The van der Waals surface area contributed by atoms with Gasteiger partial charge in [0.15, 0.2) is 0 Å². The van der Waals surface area contributed by atoms with Gasteiger partial charge < -0.3 is 16.2 Å². The van der Waals surface area contributed by atoms with Crippen LogP contribution >= 0.6 is 0 Å². The maximum absolute atomic E-state index is 11.3. The third-order valence-corrected chi connectivity index (χ3v) is 2.95. The number of aryl methyl sites for hydroxylation is 1. The monoisotopic (exact) mass is 256 g/mol. The molecule has 0 heterocycles. The third-order valence-electron chi connectivity index (χ3n) is 2.95. The van der Waals surface area contributed by atoms with Crippen molar-refractivity contribution in [2.24, 2.45) is 5.73 Å². The zero-order valence-corrected chi connectivity index (χ0v) is 10.7. The van der Waals surface area contributed by atoms with Crippen LogP contribution in [-0.2, 0) is 6.61 Å². The molecular weight excluding hydrogens is 240 g/mol. The first-order valence-corrected chi connectivity index (χ1v) is 5.95. The van der Waals surface area contributed by atoms with Crippen LogP contribution in [0.25, 0.3) is 0 Å². The van der Waals surface area contributed by atoms with Gasteiger partial charge in [0.1, 0.15) is 12.4 Å². The average molecular weight is 256 g/mol. The number of rotatable bonds is 4. The molecule has 0 fully saturated rings. The number of anilines is 1. The van der Waals surface area contributed by atoms with E-state index < -0.39 is 5.91 Å². The van der Waals surface area contributed by atoms with E-state index in [9.17, 15) is 4.79 Å². The highest BCUT2D eigenvalue weighted by molar-refractivity contribution is 5.94. The van der Waals surface area contributed by atoms with Gasteiger partial charge in [0.25, 0.3) is 0 Å². The van der Waals surface area contributed by atoms with Crippen LogP contribution in [0.2, 0.25) is 0 Å². The number of hydrogen-bond acceptors (Lipinski definition) is 3. The van der Waals surface area contributed by atoms with Crippen LogP contribution in [0.1, 0.15) is 21.5 Å². The van der Waals surface area contributed by atoms with Gasteiger partial charge in [0.05, 0.1) is 5.69 Å². The minimum Gasteiger partial charge on any atom is -0.487 e. The predicted octanol–water partition coefficient (Wildman–Crippen LogP) is 2.26. The highest BCUT2D eigenvalue weighted by Gasteiger charge is 2.09. The van der Waals surface area contributed by atoms with Crippen molar-refractivity contribution in [3.05, 3.63) is 59.2 Å². The van der Waals surface area contributed by atoms with Crippen molar-refractivity contribution in [2.75, 3.05) is 5.73 Å². The number of amides is 1. The fourth-order valence-electron chi connectivity index (χ4n) is 1.82. The van der Waals surface area contributed by atoms with Gasteiger partial charge in [0, 0.05) is 11.1 Å². The summed E-state index contributed by atoms with van der Waals surface area (Å²) in [7, 11) is 0. The standard InChI is InChI=1S/C15H16N2O2/c1-10-5-4-8-13(14(10)16)19-9-11-6-2-3-7-12(11)15(17)18/h2-8H,9,16H2,1H3,(H2,17,18). The largest absolute Gasteiger partial charge is 0.487 e. The van der Waals surface area contributed by atoms with Crippen LogP contribution in [0.5, 0.6) is 5.75 Å². The van der Waals surface area contributed by atoms with Crippen LogP contribution in [0, 0.1) is 6.92 Å². The molecular formula is C15H16N2O2. The van der Waals surface area contributed by atoms with E-state index >= 15 is 0 Å². The van der Waals surface area contributed by atoms with Crippen molar-refractivity contribution in [1.82, 2.24) is 0 Å². The summed E-state index contributed by atoms with van der Waals surface area (Å²) in [4.78, 5) is 11.3. The zero-order valence-electron chi connectivity index (χ0n) is 10.7. The third kappa shape index (κ3) is 2.85. The van der Waals surface area contributed by atoms with Crippen molar-refractivity contribution in [2.45, 2.75) is 13.5 Å². The lowest BCUT2D eigenvalue weighted by Crippen LogP contribution is -2.14. The van der Waals surface area contributed by atoms with E-state index in [1.165, 1.54) is 0 Å². The molecule has 0 unspecified atom stereocenters. The molecule has 0 atom stereocenters. The number of hydrogen-bond donors (Lipinski definition) is 2. The summed E-state index contributed by atoms with van der Waals surface area (Å²) in [5.74, 6) is 0.149. The van der Waals surface area contributed by atoms with Crippen molar-refractivity contribution in [3.8, 4) is 5.75 Å². The Morgan fingerprint density at radius 3 is 2.63 bits per heavy atom. The number of para-hydroxylation sites is 1. The molecule has 0 saturated carbocycles. The molecule has 0 aromatic heterocycles. The molecule has 0 spiro atoms. The number of carbonyl (C=O) groups is 1. The Morgan fingerprint density at radius 1 is 1.16 bits per heavy atom. The number of nitrogens with two attached hydrogens (primary N) is 2. The lowest BCUT2D eigenvalue weighted by atomic mass is 10.1. The Kier molecular flexibility index (Phi) is 3.71. The number of carbonyl (C=O) groups excluding carboxylic acids is 1. The molecule has 0 saturated heterocycles. The molecule has 2 aromatic carbocycles. The summed E-state index contributed by atoms with van der Waals surface area (Å²) in [6, 6.07) is 12.7. The van der Waals surface area contributed by atoms with Crippen LogP contribution in [-0.4, -0.2) is 5.91 Å². The Bertz CT molecular complexity index is 609. The number of benzene rings is 2. The van der Waals surface area contributed by atoms with E-state index in [1.807, 2.05) is 31.2 Å². The molecule has 4 nitrogen and oxygen atoms in total. The summed E-state index contributed by atoms with van der Waals surface area (Å²) >= 11 is 0. The van der Waals surface area contributed by atoms with Crippen molar-refractivity contribution >= 4 is 11.6 Å². The molecule has 2 rings (SSSR count). The van der Waals surface area contributed by atoms with Gasteiger partial charge in [-0.3, -0.25) is 4.79 Å². The Balaban J connectivity index is 2.19. The SMILES string of the molecule is Cc1cccc(OCc2ccccc2C(N)=O)c1N. The first-order valence-electron chi connectivity index (χ1n) is 5.95. The first kappa shape index (κ1) is 13.0. The van der Waals surface area contributed by atoms with Crippen LogP contribution < -0.4 is 16.2 Å². The van der Waals surface area contributed by atoms with E-state index in [0.29, 0.717) is 17.0 Å². The lowest BCUT2D eigenvalue weighted by Gasteiger charge is -2.12. The fraction of sp³-hybridized carbons (Fsp3) is 0.133. The quantitative estimate of drug-likeness (QED) is 0.823. The molecule has 0 radical (unpaired) electrons. The molecule has 0 aliphatic heterocycles. The molecule has 0 aliphatic rings. The Hall–Kier alpha value is -2.49. The van der Waals surface area contributed by atoms with E-state index in [1.54, 1.807) is 18.2 Å². The summed E-state index contributed by atoms with van der Waals surface area (Å²) < 4.78 is 5.66. The van der Waals surface area contributed by atoms with Crippen LogP contribution in [0.15, 0.2) is 42.5 Å². The van der Waals surface area contributed by atoms with Gasteiger partial charge in [-0.25, -0.2) is 0 Å². The summed E-state index contributed by atoms with van der Waals surface area (Å²) in [5.41, 5.74) is 14.0. The van der Waals surface area contributed by atoms with Gasteiger partial charge in [-0.1, -0.05) is 30.3 Å². The highest BCUT2D eigenvalue weighted by Crippen LogP contribution is 2.25. The van der Waals surface area contributed by atoms with Crippen molar-refractivity contribution in [3.63, 3.8) is 0 Å². The second kappa shape index (κ2) is 5.44. The van der Waals surface area contributed by atoms with E-state index in [4.69, 9.17) is 16.2 Å². The summed E-state index contributed by atoms with van der Waals surface area (Å²) in [5, 5.41) is 0. The highest BCUT2D eigenvalue weighted by atomic mass is 16.5. The molecule has 0 bridgehead atoms. The smallest absolute Gasteiger partial charge is 0.249 e. The molecule has 2 aromatic rings. The minimum absolute atomic E-state index is 0.257. The normalized spacial score (nSPS) is 10.2. The summed E-state index contributed by atoms with van der Waals surface area (Å²) in [6.45, 7) is 2.17. The number of nitrogen functional groups attached to an aromatic ring is 1. The van der Waals surface area contributed by atoms with Gasteiger partial charge in [-0.2, -0.15) is 0 Å².